The van der Waals surface area contributed by atoms with Crippen LogP contribution in [-0.4, -0.2) is 4.92 Å². The molecule has 3 heteroatoms. The van der Waals surface area contributed by atoms with Gasteiger partial charge in [-0.05, 0) is 18.4 Å². The van der Waals surface area contributed by atoms with Gasteiger partial charge in [0.15, 0.2) is 0 Å². The van der Waals surface area contributed by atoms with Crippen LogP contribution in [0, 0.1) is 10.1 Å². The summed E-state index contributed by atoms with van der Waals surface area (Å²) in [6.07, 6.45) is 7.76. The van der Waals surface area contributed by atoms with Crippen molar-refractivity contribution >= 4 is 5.69 Å². The number of nitro benzene ring substituents is 1. The van der Waals surface area contributed by atoms with Gasteiger partial charge in [0.2, 0.25) is 0 Å². The molecule has 0 saturated carbocycles. The normalized spacial score (nSPS) is 13.6. The van der Waals surface area contributed by atoms with Crippen LogP contribution < -0.4 is 0 Å². The van der Waals surface area contributed by atoms with Crippen LogP contribution in [-0.2, 0) is 0 Å². The first-order chi connectivity index (χ1) is 8.54. The minimum atomic E-state index is -0.388. The van der Waals surface area contributed by atoms with Gasteiger partial charge in [-0.25, -0.2) is 0 Å². The van der Waals surface area contributed by atoms with Crippen LogP contribution in [0.15, 0.2) is 60.7 Å². The van der Waals surface area contributed by atoms with Gasteiger partial charge in [0.05, 0.1) is 4.92 Å². The number of allylic oxidation sites excluding steroid dienone is 5. The molecule has 0 aliphatic carbocycles. The van der Waals surface area contributed by atoms with E-state index >= 15 is 0 Å². The molecule has 1 atom stereocenters. The lowest BCUT2D eigenvalue weighted by atomic mass is 9.99. The van der Waals surface area contributed by atoms with E-state index in [4.69, 9.17) is 0 Å². The Bertz CT molecular complexity index is 484. The third-order valence-electron chi connectivity index (χ3n) is 2.66. The Morgan fingerprint density at radius 3 is 2.50 bits per heavy atom. The highest BCUT2D eigenvalue weighted by atomic mass is 16.6. The highest BCUT2D eigenvalue weighted by Gasteiger charge is 2.06. The van der Waals surface area contributed by atoms with Crippen molar-refractivity contribution in [3.63, 3.8) is 0 Å². The molecular weight excluding hydrogens is 226 g/mol. The zero-order valence-electron chi connectivity index (χ0n) is 10.7. The number of non-ortho nitro benzene ring substituents is 1. The summed E-state index contributed by atoms with van der Waals surface area (Å²) in [4.78, 5) is 10.2. The lowest BCUT2D eigenvalue weighted by molar-refractivity contribution is -0.384. The number of benzene rings is 1. The summed E-state index contributed by atoms with van der Waals surface area (Å²) < 4.78 is 0. The molecule has 18 heavy (non-hydrogen) atoms. The minimum Gasteiger partial charge on any atom is -0.258 e. The molecule has 3 nitrogen and oxygen atoms in total. The number of nitrogens with zero attached hydrogens (tertiary/aromatic N) is 1. The van der Waals surface area contributed by atoms with Crippen LogP contribution in [0.25, 0.3) is 0 Å². The molecule has 1 aromatic carbocycles. The topological polar surface area (TPSA) is 43.1 Å². The summed E-state index contributed by atoms with van der Waals surface area (Å²) in [5.41, 5.74) is 2.31. The highest BCUT2D eigenvalue weighted by molar-refractivity contribution is 5.36. The zero-order chi connectivity index (χ0) is 13.5. The van der Waals surface area contributed by atoms with Gasteiger partial charge < -0.3 is 0 Å². The third kappa shape index (κ3) is 4.01. The first-order valence-corrected chi connectivity index (χ1v) is 5.76. The second-order valence-corrected chi connectivity index (χ2v) is 4.14. The van der Waals surface area contributed by atoms with Gasteiger partial charge in [-0.15, -0.1) is 0 Å². The van der Waals surface area contributed by atoms with Gasteiger partial charge >= 0.3 is 0 Å². The second kappa shape index (κ2) is 6.55. The molecule has 0 fully saturated rings. The Labute approximate surface area is 107 Å². The van der Waals surface area contributed by atoms with Crippen molar-refractivity contribution in [1.82, 2.24) is 0 Å². The van der Waals surface area contributed by atoms with E-state index < -0.39 is 0 Å². The van der Waals surface area contributed by atoms with Crippen molar-refractivity contribution in [3.8, 4) is 0 Å². The van der Waals surface area contributed by atoms with E-state index in [0.29, 0.717) is 0 Å². The summed E-state index contributed by atoms with van der Waals surface area (Å²) in [7, 11) is 0. The molecule has 0 amide bonds. The van der Waals surface area contributed by atoms with Crippen molar-refractivity contribution in [2.45, 2.75) is 19.8 Å². The molecule has 1 unspecified atom stereocenters. The van der Waals surface area contributed by atoms with Crippen LogP contribution in [0.4, 0.5) is 5.69 Å². The standard InChI is InChI=1S/C15H17NO2/c1-4-5-12(2)6-7-13(3)14-8-10-15(11-9-14)16(17)18/h4-11,13H,1H2,2-3H3/b7-6-,12-5-. The molecule has 0 aliphatic heterocycles. The first-order valence-electron chi connectivity index (χ1n) is 5.76. The van der Waals surface area contributed by atoms with E-state index in [2.05, 4.69) is 19.6 Å². The van der Waals surface area contributed by atoms with E-state index in [1.165, 1.54) is 12.1 Å². The number of rotatable bonds is 5. The Balaban J connectivity index is 2.78. The summed E-state index contributed by atoms with van der Waals surface area (Å²) in [5.74, 6) is 0.221. The number of nitro groups is 1. The fraction of sp³-hybridized carbons (Fsp3) is 0.200. The lowest BCUT2D eigenvalue weighted by Crippen LogP contribution is -1.91. The fourth-order valence-corrected chi connectivity index (χ4v) is 1.55. The number of hydrogen-bond acceptors (Lipinski definition) is 2. The Hall–Kier alpha value is -2.16. The molecule has 1 aromatic rings. The molecule has 0 bridgehead atoms. The monoisotopic (exact) mass is 243 g/mol. The van der Waals surface area contributed by atoms with Crippen LogP contribution in [0.1, 0.15) is 25.3 Å². The Morgan fingerprint density at radius 1 is 1.39 bits per heavy atom. The predicted molar refractivity (Wildman–Crippen MR) is 74.6 cm³/mol. The first kappa shape index (κ1) is 13.9. The van der Waals surface area contributed by atoms with Crippen LogP contribution >= 0.6 is 0 Å². The van der Waals surface area contributed by atoms with Crippen molar-refractivity contribution in [1.29, 1.82) is 0 Å². The maximum atomic E-state index is 10.5. The maximum absolute atomic E-state index is 10.5. The van der Waals surface area contributed by atoms with Gasteiger partial charge in [0, 0.05) is 12.1 Å². The summed E-state index contributed by atoms with van der Waals surface area (Å²) in [6, 6.07) is 6.65. The SMILES string of the molecule is C=C/C=C(C)\C=C/C(C)c1ccc([N+](=O)[O-])cc1. The summed E-state index contributed by atoms with van der Waals surface area (Å²) in [6.45, 7) is 7.69. The predicted octanol–water partition coefficient (Wildman–Crippen LogP) is 4.39. The molecule has 0 heterocycles. The summed E-state index contributed by atoms with van der Waals surface area (Å²) in [5, 5.41) is 10.5. The van der Waals surface area contributed by atoms with Gasteiger partial charge in [-0.1, -0.05) is 55.5 Å². The average Bonchev–Trinajstić information content (AvgIpc) is 2.36. The molecule has 0 aliphatic rings. The van der Waals surface area contributed by atoms with Crippen molar-refractivity contribution in [2.75, 3.05) is 0 Å². The average molecular weight is 243 g/mol. The van der Waals surface area contributed by atoms with Crippen LogP contribution in [0.3, 0.4) is 0 Å². The molecule has 0 aromatic heterocycles. The van der Waals surface area contributed by atoms with Gasteiger partial charge in [0.1, 0.15) is 0 Å². The molecule has 0 spiro atoms. The van der Waals surface area contributed by atoms with Gasteiger partial charge in [-0.3, -0.25) is 10.1 Å². The molecule has 0 saturated heterocycles. The Morgan fingerprint density at radius 2 is 2.00 bits per heavy atom. The van der Waals surface area contributed by atoms with Crippen molar-refractivity contribution in [2.24, 2.45) is 0 Å². The highest BCUT2D eigenvalue weighted by Crippen LogP contribution is 2.20. The molecule has 1 rings (SSSR count). The lowest BCUT2D eigenvalue weighted by Gasteiger charge is -2.06. The molecule has 94 valence electrons. The van der Waals surface area contributed by atoms with Gasteiger partial charge in [-0.2, -0.15) is 0 Å². The quantitative estimate of drug-likeness (QED) is 0.437. The largest absolute Gasteiger partial charge is 0.269 e. The second-order valence-electron chi connectivity index (χ2n) is 4.14. The smallest absolute Gasteiger partial charge is 0.258 e. The third-order valence-corrected chi connectivity index (χ3v) is 2.66. The molecule has 0 radical (unpaired) electrons. The maximum Gasteiger partial charge on any atom is 0.269 e. The van der Waals surface area contributed by atoms with E-state index in [9.17, 15) is 10.1 Å². The van der Waals surface area contributed by atoms with E-state index in [-0.39, 0.29) is 16.5 Å². The van der Waals surface area contributed by atoms with E-state index in [1.807, 2.05) is 19.1 Å². The van der Waals surface area contributed by atoms with Gasteiger partial charge in [0.25, 0.3) is 5.69 Å². The fourth-order valence-electron chi connectivity index (χ4n) is 1.55. The van der Waals surface area contributed by atoms with Crippen LogP contribution in [0.2, 0.25) is 0 Å². The van der Waals surface area contributed by atoms with Crippen molar-refractivity contribution in [3.05, 3.63) is 76.4 Å². The zero-order valence-corrected chi connectivity index (χ0v) is 10.7. The minimum absolute atomic E-state index is 0.123. The van der Waals surface area contributed by atoms with Crippen molar-refractivity contribution < 1.29 is 4.92 Å². The van der Waals surface area contributed by atoms with E-state index in [0.717, 1.165) is 11.1 Å². The molecule has 0 N–H and O–H groups in total. The van der Waals surface area contributed by atoms with Crippen LogP contribution in [0.5, 0.6) is 0 Å². The Kier molecular flexibility index (Phi) is 5.06. The van der Waals surface area contributed by atoms with E-state index in [1.54, 1.807) is 18.2 Å². The molecular formula is C15H17NO2. The summed E-state index contributed by atoms with van der Waals surface area (Å²) >= 11 is 0. The number of hydrogen-bond donors (Lipinski definition) is 0.